The normalized spacial score (nSPS) is 13.6. The van der Waals surface area contributed by atoms with Crippen LogP contribution in [-0.2, 0) is 11.2 Å². The third kappa shape index (κ3) is 2.92. The predicted octanol–water partition coefficient (Wildman–Crippen LogP) is 1.91. The maximum atomic E-state index is 11.8. The van der Waals surface area contributed by atoms with E-state index in [-0.39, 0.29) is 18.1 Å². The summed E-state index contributed by atoms with van der Waals surface area (Å²) in [5.41, 5.74) is 1.81. The lowest BCUT2D eigenvalue weighted by Gasteiger charge is -2.04. The molecule has 2 aromatic rings. The van der Waals surface area contributed by atoms with Crippen molar-refractivity contribution in [3.05, 3.63) is 28.4 Å². The van der Waals surface area contributed by atoms with Gasteiger partial charge in [-0.05, 0) is 19.8 Å². The van der Waals surface area contributed by atoms with Crippen molar-refractivity contribution in [2.24, 2.45) is 0 Å². The number of carbonyl (C=O) groups is 1. The molecule has 2 heterocycles. The molecule has 1 amide bonds. The van der Waals surface area contributed by atoms with Crippen LogP contribution in [0.4, 0.5) is 0 Å². The summed E-state index contributed by atoms with van der Waals surface area (Å²) in [7, 11) is 0. The number of pyridine rings is 1. The van der Waals surface area contributed by atoms with E-state index in [4.69, 9.17) is 5.26 Å². The fourth-order valence-corrected chi connectivity index (χ4v) is 2.84. The summed E-state index contributed by atoms with van der Waals surface area (Å²) in [6.45, 7) is 1.66. The second kappa shape index (κ2) is 5.73. The average molecular weight is 314 g/mol. The van der Waals surface area contributed by atoms with E-state index in [2.05, 4.69) is 15.3 Å². The molecule has 1 aliphatic rings. The molecule has 1 fully saturated rings. The van der Waals surface area contributed by atoms with Gasteiger partial charge in [0.25, 0.3) is 0 Å². The highest BCUT2D eigenvalue weighted by atomic mass is 32.1. The van der Waals surface area contributed by atoms with Gasteiger partial charge < -0.3 is 10.4 Å². The molecule has 2 aromatic heterocycles. The molecule has 0 saturated heterocycles. The molecule has 112 valence electrons. The van der Waals surface area contributed by atoms with Crippen molar-refractivity contribution in [1.82, 2.24) is 15.3 Å². The summed E-state index contributed by atoms with van der Waals surface area (Å²) in [5.74, 6) is -0.0741. The molecule has 0 unspecified atom stereocenters. The minimum absolute atomic E-state index is 0.0347. The van der Waals surface area contributed by atoms with Gasteiger partial charge in [0.15, 0.2) is 0 Å². The first-order chi connectivity index (χ1) is 10.6. The fourth-order valence-electron chi connectivity index (χ4n) is 2.03. The Hall–Kier alpha value is -2.46. The molecule has 0 bridgehead atoms. The van der Waals surface area contributed by atoms with E-state index in [9.17, 15) is 9.90 Å². The lowest BCUT2D eigenvalue weighted by Crippen LogP contribution is -2.27. The van der Waals surface area contributed by atoms with Crippen molar-refractivity contribution in [3.8, 4) is 22.5 Å². The molecule has 1 saturated carbocycles. The van der Waals surface area contributed by atoms with Gasteiger partial charge in [0.05, 0.1) is 17.7 Å². The third-order valence-corrected chi connectivity index (χ3v) is 4.36. The van der Waals surface area contributed by atoms with Gasteiger partial charge in [0, 0.05) is 23.2 Å². The van der Waals surface area contributed by atoms with E-state index in [1.165, 1.54) is 17.5 Å². The second-order valence-corrected chi connectivity index (χ2v) is 6.13. The summed E-state index contributed by atoms with van der Waals surface area (Å²) >= 11 is 1.32. The highest BCUT2D eigenvalue weighted by molar-refractivity contribution is 7.13. The maximum Gasteiger partial charge on any atom is 0.226 e. The molecule has 0 aromatic carbocycles. The Morgan fingerprint density at radius 2 is 2.36 bits per heavy atom. The Balaban J connectivity index is 1.80. The molecule has 6 nitrogen and oxygen atoms in total. The van der Waals surface area contributed by atoms with Crippen LogP contribution in [-0.4, -0.2) is 27.0 Å². The molecule has 0 radical (unpaired) electrons. The average Bonchev–Trinajstić information content (AvgIpc) is 3.18. The lowest BCUT2D eigenvalue weighted by molar-refractivity contribution is -0.120. The molecule has 0 aliphatic heterocycles. The highest BCUT2D eigenvalue weighted by Gasteiger charge is 2.23. The fraction of sp³-hybridized carbons (Fsp3) is 0.333. The Kier molecular flexibility index (Phi) is 3.77. The van der Waals surface area contributed by atoms with Crippen LogP contribution in [0.2, 0.25) is 0 Å². The number of carbonyl (C=O) groups excluding carboxylic acids is 1. The molecule has 0 atom stereocenters. The molecule has 3 rings (SSSR count). The summed E-state index contributed by atoms with van der Waals surface area (Å²) < 4.78 is 0. The second-order valence-electron chi connectivity index (χ2n) is 5.27. The van der Waals surface area contributed by atoms with Gasteiger partial charge in [-0.15, -0.1) is 11.3 Å². The van der Waals surface area contributed by atoms with Crippen LogP contribution in [0.15, 0.2) is 11.6 Å². The van der Waals surface area contributed by atoms with Gasteiger partial charge >= 0.3 is 0 Å². The van der Waals surface area contributed by atoms with E-state index in [0.717, 1.165) is 12.8 Å². The van der Waals surface area contributed by atoms with E-state index in [0.29, 0.717) is 33.6 Å². The number of nitrogens with zero attached hydrogens (tertiary/aromatic N) is 3. The smallest absolute Gasteiger partial charge is 0.226 e. The Morgan fingerprint density at radius 3 is 3.05 bits per heavy atom. The third-order valence-electron chi connectivity index (χ3n) is 3.47. The van der Waals surface area contributed by atoms with Crippen LogP contribution in [0.5, 0.6) is 5.75 Å². The van der Waals surface area contributed by atoms with Gasteiger partial charge in [-0.1, -0.05) is 0 Å². The first-order valence-electron chi connectivity index (χ1n) is 6.91. The lowest BCUT2D eigenvalue weighted by atomic mass is 10.1. The minimum Gasteiger partial charge on any atom is -0.505 e. The van der Waals surface area contributed by atoms with Crippen LogP contribution in [0, 0.1) is 18.3 Å². The van der Waals surface area contributed by atoms with Crippen LogP contribution < -0.4 is 5.32 Å². The summed E-state index contributed by atoms with van der Waals surface area (Å²) in [6.07, 6.45) is 3.75. The number of hydrogen-bond donors (Lipinski definition) is 2. The largest absolute Gasteiger partial charge is 0.505 e. The summed E-state index contributed by atoms with van der Waals surface area (Å²) in [6, 6.07) is 2.31. The monoisotopic (exact) mass is 314 g/mol. The number of aromatic hydroxyl groups is 1. The SMILES string of the molecule is Cc1c(C#N)cnc(-c2nc(CC(=O)NC3CC3)cs2)c1O. The molecule has 22 heavy (non-hydrogen) atoms. The van der Waals surface area contributed by atoms with Crippen molar-refractivity contribution in [2.45, 2.75) is 32.2 Å². The molecular weight excluding hydrogens is 300 g/mol. The predicted molar refractivity (Wildman–Crippen MR) is 81.3 cm³/mol. The Morgan fingerprint density at radius 1 is 1.59 bits per heavy atom. The zero-order chi connectivity index (χ0) is 15.7. The van der Waals surface area contributed by atoms with Crippen molar-refractivity contribution < 1.29 is 9.90 Å². The molecule has 0 spiro atoms. The van der Waals surface area contributed by atoms with E-state index < -0.39 is 0 Å². The van der Waals surface area contributed by atoms with E-state index in [1.807, 2.05) is 6.07 Å². The van der Waals surface area contributed by atoms with Crippen LogP contribution in [0.3, 0.4) is 0 Å². The topological polar surface area (TPSA) is 98.9 Å². The molecule has 1 aliphatic carbocycles. The number of rotatable bonds is 4. The van der Waals surface area contributed by atoms with Crippen molar-refractivity contribution in [1.29, 1.82) is 5.26 Å². The number of thiazole rings is 1. The van der Waals surface area contributed by atoms with Crippen LogP contribution >= 0.6 is 11.3 Å². The van der Waals surface area contributed by atoms with Crippen LogP contribution in [0.1, 0.15) is 29.7 Å². The van der Waals surface area contributed by atoms with Gasteiger partial charge in [0.2, 0.25) is 5.91 Å². The number of amides is 1. The first kappa shape index (κ1) is 14.5. The standard InChI is InChI=1S/C15H14N4O2S/c1-8-9(5-16)6-17-13(14(8)21)15-19-11(7-22-15)4-12(20)18-10-2-3-10/h6-7,10,21H,2-4H2,1H3,(H,18,20). The van der Waals surface area contributed by atoms with Gasteiger partial charge in [-0.25, -0.2) is 9.97 Å². The van der Waals surface area contributed by atoms with E-state index in [1.54, 1.807) is 12.3 Å². The number of hydrogen-bond acceptors (Lipinski definition) is 6. The number of nitriles is 1. The van der Waals surface area contributed by atoms with Crippen molar-refractivity contribution >= 4 is 17.2 Å². The van der Waals surface area contributed by atoms with Gasteiger partial charge in [0.1, 0.15) is 22.5 Å². The zero-order valence-corrected chi connectivity index (χ0v) is 12.8. The van der Waals surface area contributed by atoms with Gasteiger partial charge in [-0.3, -0.25) is 4.79 Å². The quantitative estimate of drug-likeness (QED) is 0.898. The number of aromatic nitrogens is 2. The van der Waals surface area contributed by atoms with Crippen LogP contribution in [0.25, 0.3) is 10.7 Å². The van der Waals surface area contributed by atoms with E-state index >= 15 is 0 Å². The van der Waals surface area contributed by atoms with Gasteiger partial charge in [-0.2, -0.15) is 5.26 Å². The molecular formula is C15H14N4O2S. The van der Waals surface area contributed by atoms with Crippen molar-refractivity contribution in [3.63, 3.8) is 0 Å². The number of nitrogens with one attached hydrogen (secondary N) is 1. The highest BCUT2D eigenvalue weighted by Crippen LogP contribution is 2.33. The minimum atomic E-state index is -0.0395. The summed E-state index contributed by atoms with van der Waals surface area (Å²) in [5, 5.41) is 24.3. The first-order valence-corrected chi connectivity index (χ1v) is 7.79. The summed E-state index contributed by atoms with van der Waals surface area (Å²) in [4.78, 5) is 20.2. The maximum absolute atomic E-state index is 11.8. The molecule has 2 N–H and O–H groups in total. The Bertz CT molecular complexity index is 774. The van der Waals surface area contributed by atoms with Crippen molar-refractivity contribution in [2.75, 3.05) is 0 Å². The zero-order valence-electron chi connectivity index (χ0n) is 12.0. The molecule has 7 heteroatoms. The Labute approximate surface area is 131 Å².